The summed E-state index contributed by atoms with van der Waals surface area (Å²) in [7, 11) is 0. The lowest BCUT2D eigenvalue weighted by Crippen LogP contribution is -1.98. The van der Waals surface area contributed by atoms with Crippen molar-refractivity contribution in [2.24, 2.45) is 0 Å². The summed E-state index contributed by atoms with van der Waals surface area (Å²) < 4.78 is 4.63. The first-order valence-corrected chi connectivity index (χ1v) is 3.67. The van der Waals surface area contributed by atoms with Gasteiger partial charge in [-0.1, -0.05) is 6.08 Å². The molecule has 0 fully saturated rings. The molecule has 0 aliphatic heterocycles. The number of hydrogen-bond acceptors (Lipinski definition) is 3. The summed E-state index contributed by atoms with van der Waals surface area (Å²) in [5.74, 6) is -0.392. The molecule has 66 valence electrons. The molecule has 0 radical (unpaired) electrons. The van der Waals surface area contributed by atoms with E-state index < -0.39 is 5.97 Å². The molecule has 0 aliphatic carbocycles. The lowest BCUT2D eigenvalue weighted by molar-refractivity contribution is -0.137. The van der Waals surface area contributed by atoms with E-state index in [0.29, 0.717) is 12.9 Å². The summed E-state index contributed by atoms with van der Waals surface area (Å²) in [5, 5.41) is 0. The number of carbonyl (C=O) groups excluding carboxylic acids is 2. The Bertz CT molecular complexity index is 214. The molecule has 0 heterocycles. The number of hydrogen-bond donors (Lipinski definition) is 0. The van der Waals surface area contributed by atoms with Gasteiger partial charge in [-0.25, -0.2) is 4.79 Å². The van der Waals surface area contributed by atoms with Crippen molar-refractivity contribution in [3.8, 4) is 0 Å². The smallest absolute Gasteiger partial charge is 0.330 e. The minimum absolute atomic E-state index is 0.361. The molecule has 0 aliphatic rings. The second-order valence-corrected chi connectivity index (χ2v) is 2.13. The van der Waals surface area contributed by atoms with E-state index in [-0.39, 0.29) is 0 Å². The summed E-state index contributed by atoms with van der Waals surface area (Å²) in [6.45, 7) is 3.82. The fourth-order valence-corrected chi connectivity index (χ4v) is 0.553. The fourth-order valence-electron chi connectivity index (χ4n) is 0.553. The van der Waals surface area contributed by atoms with E-state index >= 15 is 0 Å². The number of ether oxygens (including phenoxy) is 1. The van der Waals surface area contributed by atoms with Crippen LogP contribution in [0, 0.1) is 0 Å². The van der Waals surface area contributed by atoms with Gasteiger partial charge in [-0.3, -0.25) is 4.79 Å². The Morgan fingerprint density at radius 2 is 2.08 bits per heavy atom. The van der Waals surface area contributed by atoms with Crippen molar-refractivity contribution < 1.29 is 14.3 Å². The zero-order valence-electron chi connectivity index (χ0n) is 7.24. The predicted molar refractivity (Wildman–Crippen MR) is 45.6 cm³/mol. The quantitative estimate of drug-likeness (QED) is 0.274. The van der Waals surface area contributed by atoms with Gasteiger partial charge in [0.1, 0.15) is 6.29 Å². The minimum atomic E-state index is -0.392. The lowest BCUT2D eigenvalue weighted by Gasteiger charge is -1.93. The van der Waals surface area contributed by atoms with Crippen LogP contribution in [-0.4, -0.2) is 18.9 Å². The van der Waals surface area contributed by atoms with Crippen LogP contribution in [0.15, 0.2) is 23.8 Å². The summed E-state index contributed by atoms with van der Waals surface area (Å²) in [6, 6.07) is 0. The van der Waals surface area contributed by atoms with Crippen molar-refractivity contribution in [3.05, 3.63) is 23.8 Å². The third-order valence-corrected chi connectivity index (χ3v) is 1.10. The molecule has 0 saturated carbocycles. The van der Waals surface area contributed by atoms with E-state index in [1.165, 1.54) is 18.2 Å². The van der Waals surface area contributed by atoms with E-state index in [9.17, 15) is 9.59 Å². The van der Waals surface area contributed by atoms with E-state index in [4.69, 9.17) is 0 Å². The van der Waals surface area contributed by atoms with Crippen LogP contribution in [0.4, 0.5) is 0 Å². The first-order valence-electron chi connectivity index (χ1n) is 3.67. The molecule has 0 amide bonds. The molecule has 3 heteroatoms. The van der Waals surface area contributed by atoms with Gasteiger partial charge in [0.15, 0.2) is 0 Å². The van der Waals surface area contributed by atoms with Crippen molar-refractivity contribution in [1.82, 2.24) is 0 Å². The van der Waals surface area contributed by atoms with Gasteiger partial charge in [0.2, 0.25) is 0 Å². The van der Waals surface area contributed by atoms with Crippen LogP contribution in [0.2, 0.25) is 0 Å². The Hall–Kier alpha value is -1.38. The summed E-state index contributed by atoms with van der Waals surface area (Å²) in [4.78, 5) is 20.7. The normalized spacial score (nSPS) is 11.7. The summed E-state index contributed by atoms with van der Waals surface area (Å²) in [5.41, 5.74) is 0.720. The zero-order valence-corrected chi connectivity index (χ0v) is 7.24. The minimum Gasteiger partial charge on any atom is -0.463 e. The molecule has 0 unspecified atom stereocenters. The molecule has 0 saturated heterocycles. The molecule has 0 rings (SSSR count). The number of allylic oxidation sites excluding steroid dienone is 3. The third kappa shape index (κ3) is 5.41. The highest BCUT2D eigenvalue weighted by atomic mass is 16.5. The molecule has 0 N–H and O–H groups in total. The Balaban J connectivity index is 3.97. The Morgan fingerprint density at radius 3 is 2.58 bits per heavy atom. The van der Waals surface area contributed by atoms with Crippen LogP contribution in [0.1, 0.15) is 13.8 Å². The molecular weight excluding hydrogens is 156 g/mol. The number of aldehydes is 1. The van der Waals surface area contributed by atoms with E-state index in [1.807, 2.05) is 0 Å². The van der Waals surface area contributed by atoms with Crippen LogP contribution in [0.3, 0.4) is 0 Å². The largest absolute Gasteiger partial charge is 0.463 e. The molecule has 0 aromatic heterocycles. The SMILES string of the molecule is CCOC(=O)/C=C/C(C)=C\C=O. The van der Waals surface area contributed by atoms with Gasteiger partial charge in [0, 0.05) is 6.08 Å². The van der Waals surface area contributed by atoms with Crippen LogP contribution in [0.25, 0.3) is 0 Å². The number of rotatable bonds is 4. The van der Waals surface area contributed by atoms with Crippen molar-refractivity contribution in [3.63, 3.8) is 0 Å². The second kappa shape index (κ2) is 6.34. The Kier molecular flexibility index (Phi) is 5.61. The maximum absolute atomic E-state index is 10.7. The van der Waals surface area contributed by atoms with Crippen molar-refractivity contribution >= 4 is 12.3 Å². The monoisotopic (exact) mass is 168 g/mol. The lowest BCUT2D eigenvalue weighted by atomic mass is 10.2. The standard InChI is InChI=1S/C9H12O3/c1-3-12-9(11)5-4-8(2)6-7-10/h4-7H,3H2,1-2H3/b5-4+,8-6-. The fraction of sp³-hybridized carbons (Fsp3) is 0.333. The highest BCUT2D eigenvalue weighted by Gasteiger charge is 1.91. The van der Waals surface area contributed by atoms with Crippen LogP contribution >= 0.6 is 0 Å². The summed E-state index contributed by atoms with van der Waals surface area (Å²) in [6.07, 6.45) is 4.87. The van der Waals surface area contributed by atoms with Crippen molar-refractivity contribution in [2.75, 3.05) is 6.61 Å². The first kappa shape index (κ1) is 10.6. The van der Waals surface area contributed by atoms with Gasteiger partial charge in [-0.2, -0.15) is 0 Å². The Morgan fingerprint density at radius 1 is 1.42 bits per heavy atom. The predicted octanol–water partition coefficient (Wildman–Crippen LogP) is 1.25. The third-order valence-electron chi connectivity index (χ3n) is 1.10. The zero-order chi connectivity index (χ0) is 9.40. The molecule has 0 bridgehead atoms. The van der Waals surface area contributed by atoms with Crippen LogP contribution in [0.5, 0.6) is 0 Å². The average molecular weight is 168 g/mol. The Labute approximate surface area is 71.7 Å². The molecule has 0 atom stereocenters. The first-order chi connectivity index (χ1) is 5.70. The average Bonchev–Trinajstić information content (AvgIpc) is 2.02. The molecule has 0 spiro atoms. The van der Waals surface area contributed by atoms with E-state index in [0.717, 1.165) is 5.57 Å². The van der Waals surface area contributed by atoms with E-state index in [1.54, 1.807) is 13.8 Å². The maximum atomic E-state index is 10.7. The molecule has 0 aromatic carbocycles. The van der Waals surface area contributed by atoms with Gasteiger partial charge in [-0.15, -0.1) is 0 Å². The second-order valence-electron chi connectivity index (χ2n) is 2.13. The van der Waals surface area contributed by atoms with Gasteiger partial charge < -0.3 is 4.74 Å². The topological polar surface area (TPSA) is 43.4 Å². The van der Waals surface area contributed by atoms with Gasteiger partial charge in [-0.05, 0) is 25.5 Å². The van der Waals surface area contributed by atoms with E-state index in [2.05, 4.69) is 4.74 Å². The molecule has 3 nitrogen and oxygen atoms in total. The number of carbonyl (C=O) groups is 2. The van der Waals surface area contributed by atoms with Crippen LogP contribution < -0.4 is 0 Å². The van der Waals surface area contributed by atoms with Crippen molar-refractivity contribution in [2.45, 2.75) is 13.8 Å². The maximum Gasteiger partial charge on any atom is 0.330 e. The number of esters is 1. The van der Waals surface area contributed by atoms with Gasteiger partial charge in [0.25, 0.3) is 0 Å². The molecule has 12 heavy (non-hydrogen) atoms. The van der Waals surface area contributed by atoms with Crippen LogP contribution in [-0.2, 0) is 14.3 Å². The summed E-state index contributed by atoms with van der Waals surface area (Å²) >= 11 is 0. The van der Waals surface area contributed by atoms with Gasteiger partial charge in [0.05, 0.1) is 6.61 Å². The molecular formula is C9H12O3. The van der Waals surface area contributed by atoms with Gasteiger partial charge >= 0.3 is 5.97 Å². The molecule has 0 aromatic rings. The highest BCUT2D eigenvalue weighted by Crippen LogP contribution is 1.93. The highest BCUT2D eigenvalue weighted by molar-refractivity contribution is 5.82. The van der Waals surface area contributed by atoms with Crippen molar-refractivity contribution in [1.29, 1.82) is 0 Å².